The summed E-state index contributed by atoms with van der Waals surface area (Å²) in [5.41, 5.74) is 1.50. The van der Waals surface area contributed by atoms with Crippen LogP contribution in [-0.2, 0) is 4.79 Å². The molecule has 19 heavy (non-hydrogen) atoms. The molecule has 1 aromatic carbocycles. The normalized spacial score (nSPS) is 12.1. The summed E-state index contributed by atoms with van der Waals surface area (Å²) in [5.74, 6) is -0.00963. The maximum Gasteiger partial charge on any atom is 0.251 e. The van der Waals surface area contributed by atoms with Gasteiger partial charge < -0.3 is 10.6 Å². The highest BCUT2D eigenvalue weighted by molar-refractivity contribution is 5.97. The van der Waals surface area contributed by atoms with Gasteiger partial charge in [-0.15, -0.1) is 0 Å². The summed E-state index contributed by atoms with van der Waals surface area (Å²) in [5, 5.41) is 5.48. The van der Waals surface area contributed by atoms with E-state index < -0.39 is 0 Å². The van der Waals surface area contributed by atoms with Crippen molar-refractivity contribution >= 4 is 11.8 Å². The Labute approximate surface area is 114 Å². The average molecular weight is 262 g/mol. The predicted molar refractivity (Wildman–Crippen MR) is 76.0 cm³/mol. The highest BCUT2D eigenvalue weighted by atomic mass is 16.2. The number of hydrogen-bond acceptors (Lipinski definition) is 2. The monoisotopic (exact) mass is 262 g/mol. The van der Waals surface area contributed by atoms with Crippen LogP contribution in [0.3, 0.4) is 0 Å². The molecule has 0 aliphatic rings. The second kappa shape index (κ2) is 6.92. The van der Waals surface area contributed by atoms with Crippen LogP contribution in [0.15, 0.2) is 24.3 Å². The Morgan fingerprint density at radius 3 is 2.37 bits per heavy atom. The van der Waals surface area contributed by atoms with Crippen molar-refractivity contribution in [1.82, 2.24) is 10.6 Å². The van der Waals surface area contributed by atoms with Gasteiger partial charge in [-0.05, 0) is 31.4 Å². The number of amides is 2. The summed E-state index contributed by atoms with van der Waals surface area (Å²) in [7, 11) is 0. The summed E-state index contributed by atoms with van der Waals surface area (Å²) < 4.78 is 0. The van der Waals surface area contributed by atoms with Crippen LogP contribution in [0.5, 0.6) is 0 Å². The van der Waals surface area contributed by atoms with Crippen LogP contribution < -0.4 is 10.6 Å². The van der Waals surface area contributed by atoms with Gasteiger partial charge in [0.25, 0.3) is 5.91 Å². The summed E-state index contributed by atoms with van der Waals surface area (Å²) >= 11 is 0. The Morgan fingerprint density at radius 1 is 1.16 bits per heavy atom. The van der Waals surface area contributed by atoms with E-state index in [0.29, 0.717) is 11.5 Å². The molecule has 0 aliphatic carbocycles. The minimum Gasteiger partial charge on any atom is -0.352 e. The van der Waals surface area contributed by atoms with E-state index in [1.807, 2.05) is 45.9 Å². The summed E-state index contributed by atoms with van der Waals surface area (Å²) in [6.07, 6.45) is 0. The molecule has 0 fully saturated rings. The van der Waals surface area contributed by atoms with Gasteiger partial charge in [-0.3, -0.25) is 9.59 Å². The fourth-order valence-corrected chi connectivity index (χ4v) is 1.56. The Hall–Kier alpha value is -1.84. The number of carbonyl (C=O) groups excluding carboxylic acids is 2. The van der Waals surface area contributed by atoms with E-state index in [-0.39, 0.29) is 24.4 Å². The molecule has 0 aromatic heterocycles. The maximum atomic E-state index is 11.9. The molecule has 0 saturated heterocycles. The molecular formula is C15H22N2O2. The van der Waals surface area contributed by atoms with Crippen molar-refractivity contribution < 1.29 is 9.59 Å². The van der Waals surface area contributed by atoms with Gasteiger partial charge in [-0.2, -0.15) is 0 Å². The quantitative estimate of drug-likeness (QED) is 0.851. The van der Waals surface area contributed by atoms with Gasteiger partial charge in [-0.25, -0.2) is 0 Å². The van der Waals surface area contributed by atoms with E-state index in [1.165, 1.54) is 0 Å². The van der Waals surface area contributed by atoms with Crippen molar-refractivity contribution in [1.29, 1.82) is 0 Å². The highest BCUT2D eigenvalue weighted by Crippen LogP contribution is 2.06. The third-order valence-electron chi connectivity index (χ3n) is 3.19. The van der Waals surface area contributed by atoms with Crippen molar-refractivity contribution in [3.63, 3.8) is 0 Å². The lowest BCUT2D eigenvalue weighted by Gasteiger charge is -2.17. The summed E-state index contributed by atoms with van der Waals surface area (Å²) in [6, 6.07) is 7.41. The van der Waals surface area contributed by atoms with Crippen molar-refractivity contribution in [2.24, 2.45) is 5.92 Å². The number of carbonyl (C=O) groups is 2. The number of aryl methyl sites for hydroxylation is 1. The first kappa shape index (κ1) is 15.2. The first-order chi connectivity index (χ1) is 8.91. The second-order valence-corrected chi connectivity index (χ2v) is 5.10. The molecule has 0 bridgehead atoms. The Kier molecular flexibility index (Phi) is 5.55. The molecule has 4 heteroatoms. The minimum absolute atomic E-state index is 0.00419. The smallest absolute Gasteiger partial charge is 0.251 e. The summed E-state index contributed by atoms with van der Waals surface area (Å²) in [4.78, 5) is 23.6. The average Bonchev–Trinajstić information content (AvgIpc) is 2.36. The van der Waals surface area contributed by atoms with Crippen molar-refractivity contribution in [3.05, 3.63) is 35.4 Å². The standard InChI is InChI=1S/C15H22N2O2/c1-10(2)12(4)17-14(18)9-16-15(19)13-8-6-5-7-11(13)3/h5-8,10,12H,9H2,1-4H3,(H,16,19)(H,17,18). The largest absolute Gasteiger partial charge is 0.352 e. The second-order valence-electron chi connectivity index (χ2n) is 5.10. The summed E-state index contributed by atoms with van der Waals surface area (Å²) in [6.45, 7) is 7.90. The van der Waals surface area contributed by atoms with Crippen molar-refractivity contribution in [2.45, 2.75) is 33.7 Å². The fraction of sp³-hybridized carbons (Fsp3) is 0.467. The number of rotatable bonds is 5. The van der Waals surface area contributed by atoms with E-state index in [0.717, 1.165) is 5.56 Å². The highest BCUT2D eigenvalue weighted by Gasteiger charge is 2.13. The van der Waals surface area contributed by atoms with Crippen molar-refractivity contribution in [2.75, 3.05) is 6.54 Å². The molecule has 1 aromatic rings. The third-order valence-corrected chi connectivity index (χ3v) is 3.19. The Balaban J connectivity index is 2.47. The predicted octanol–water partition coefficient (Wildman–Crippen LogP) is 1.89. The van der Waals surface area contributed by atoms with Gasteiger partial charge in [0, 0.05) is 11.6 Å². The van der Waals surface area contributed by atoms with E-state index in [4.69, 9.17) is 0 Å². The molecule has 4 nitrogen and oxygen atoms in total. The van der Waals surface area contributed by atoms with Gasteiger partial charge in [0.2, 0.25) is 5.91 Å². The number of benzene rings is 1. The van der Waals surface area contributed by atoms with Gasteiger partial charge in [0.05, 0.1) is 6.54 Å². The zero-order valence-corrected chi connectivity index (χ0v) is 12.0. The molecule has 0 spiro atoms. The van der Waals surface area contributed by atoms with E-state index >= 15 is 0 Å². The number of nitrogens with one attached hydrogen (secondary N) is 2. The minimum atomic E-state index is -0.217. The molecule has 0 heterocycles. The maximum absolute atomic E-state index is 11.9. The fourth-order valence-electron chi connectivity index (χ4n) is 1.56. The van der Waals surface area contributed by atoms with Gasteiger partial charge in [0.15, 0.2) is 0 Å². The lowest BCUT2D eigenvalue weighted by Crippen LogP contribution is -2.42. The lowest BCUT2D eigenvalue weighted by atomic mass is 10.1. The van der Waals surface area contributed by atoms with Crippen LogP contribution in [0.1, 0.15) is 36.7 Å². The van der Waals surface area contributed by atoms with Gasteiger partial charge in [0.1, 0.15) is 0 Å². The first-order valence-electron chi connectivity index (χ1n) is 6.55. The van der Waals surface area contributed by atoms with Crippen LogP contribution in [-0.4, -0.2) is 24.4 Å². The Bertz CT molecular complexity index is 455. The van der Waals surface area contributed by atoms with Crippen LogP contribution >= 0.6 is 0 Å². The molecule has 2 amide bonds. The first-order valence-corrected chi connectivity index (χ1v) is 6.55. The van der Waals surface area contributed by atoms with Crippen LogP contribution in [0, 0.1) is 12.8 Å². The third kappa shape index (κ3) is 4.73. The topological polar surface area (TPSA) is 58.2 Å². The zero-order chi connectivity index (χ0) is 14.4. The molecule has 1 unspecified atom stereocenters. The number of hydrogen-bond donors (Lipinski definition) is 2. The lowest BCUT2D eigenvalue weighted by molar-refractivity contribution is -0.121. The van der Waals surface area contributed by atoms with E-state index in [2.05, 4.69) is 10.6 Å². The van der Waals surface area contributed by atoms with Crippen LogP contribution in [0.25, 0.3) is 0 Å². The molecule has 0 saturated carbocycles. The molecular weight excluding hydrogens is 240 g/mol. The van der Waals surface area contributed by atoms with Crippen molar-refractivity contribution in [3.8, 4) is 0 Å². The van der Waals surface area contributed by atoms with E-state index in [1.54, 1.807) is 6.07 Å². The van der Waals surface area contributed by atoms with Crippen LogP contribution in [0.2, 0.25) is 0 Å². The molecule has 0 aliphatic heterocycles. The van der Waals surface area contributed by atoms with Crippen LogP contribution in [0.4, 0.5) is 0 Å². The van der Waals surface area contributed by atoms with Gasteiger partial charge >= 0.3 is 0 Å². The van der Waals surface area contributed by atoms with Gasteiger partial charge in [-0.1, -0.05) is 32.0 Å². The SMILES string of the molecule is Cc1ccccc1C(=O)NCC(=O)NC(C)C(C)C. The molecule has 0 radical (unpaired) electrons. The molecule has 104 valence electrons. The molecule has 2 N–H and O–H groups in total. The molecule has 1 atom stereocenters. The van der Waals surface area contributed by atoms with E-state index in [9.17, 15) is 9.59 Å². The zero-order valence-electron chi connectivity index (χ0n) is 12.0. The Morgan fingerprint density at radius 2 is 1.79 bits per heavy atom. The molecule has 1 rings (SSSR count).